The number of nitrogens with zero attached hydrogens (tertiary/aromatic N) is 1. The Morgan fingerprint density at radius 2 is 1.89 bits per heavy atom. The lowest BCUT2D eigenvalue weighted by Gasteiger charge is -2.11. The van der Waals surface area contributed by atoms with Crippen LogP contribution in [0.15, 0.2) is 29.4 Å². The summed E-state index contributed by atoms with van der Waals surface area (Å²) in [5.41, 5.74) is 3.08. The van der Waals surface area contributed by atoms with Gasteiger partial charge in [0.25, 0.3) is 5.91 Å². The molecule has 0 bridgehead atoms. The number of hydrogen-bond acceptors (Lipinski definition) is 4. The highest BCUT2D eigenvalue weighted by molar-refractivity contribution is 6.43. The summed E-state index contributed by atoms with van der Waals surface area (Å²) >= 11 is 0. The third-order valence-electron chi connectivity index (χ3n) is 2.56. The zero-order chi connectivity index (χ0) is 13.8. The SMILES string of the molecule is O=C1CCC(C(=O)Nc2ccc(C(=O)O)cc2)=NN1. The van der Waals surface area contributed by atoms with Gasteiger partial charge in [0.2, 0.25) is 5.91 Å². The van der Waals surface area contributed by atoms with E-state index in [1.807, 2.05) is 0 Å². The van der Waals surface area contributed by atoms with E-state index in [-0.39, 0.29) is 30.0 Å². The van der Waals surface area contributed by atoms with E-state index in [0.29, 0.717) is 5.69 Å². The van der Waals surface area contributed by atoms with Crippen LogP contribution in [0.25, 0.3) is 0 Å². The molecule has 2 amide bonds. The van der Waals surface area contributed by atoms with Crippen LogP contribution >= 0.6 is 0 Å². The average molecular weight is 261 g/mol. The highest BCUT2D eigenvalue weighted by Gasteiger charge is 2.18. The third kappa shape index (κ3) is 3.15. The van der Waals surface area contributed by atoms with Crippen LogP contribution in [0.5, 0.6) is 0 Å². The summed E-state index contributed by atoms with van der Waals surface area (Å²) < 4.78 is 0. The number of hydrazone groups is 1. The van der Waals surface area contributed by atoms with Gasteiger partial charge in [-0.25, -0.2) is 10.2 Å². The van der Waals surface area contributed by atoms with E-state index >= 15 is 0 Å². The molecule has 98 valence electrons. The van der Waals surface area contributed by atoms with Gasteiger partial charge in [-0.3, -0.25) is 9.59 Å². The number of carboxylic acids is 1. The van der Waals surface area contributed by atoms with Gasteiger partial charge in [-0.05, 0) is 24.3 Å². The molecule has 7 heteroatoms. The van der Waals surface area contributed by atoms with Crippen molar-refractivity contribution in [2.45, 2.75) is 12.8 Å². The topological polar surface area (TPSA) is 108 Å². The summed E-state index contributed by atoms with van der Waals surface area (Å²) in [5, 5.41) is 15.0. The van der Waals surface area contributed by atoms with Crippen LogP contribution in [0.2, 0.25) is 0 Å². The first kappa shape index (κ1) is 12.7. The number of amides is 2. The standard InChI is InChI=1S/C12H11N3O4/c16-10-6-5-9(14-15-10)11(17)13-8-3-1-7(2-4-8)12(18)19/h1-4H,5-6H2,(H,13,17)(H,15,16)(H,18,19). The van der Waals surface area contributed by atoms with E-state index in [0.717, 1.165) is 0 Å². The molecule has 7 nitrogen and oxygen atoms in total. The summed E-state index contributed by atoms with van der Waals surface area (Å²) in [6, 6.07) is 5.76. The molecule has 0 atom stereocenters. The molecule has 3 N–H and O–H groups in total. The Balaban J connectivity index is 2.03. The molecule has 0 radical (unpaired) electrons. The Bertz CT molecular complexity index is 563. The predicted molar refractivity (Wildman–Crippen MR) is 66.8 cm³/mol. The minimum absolute atomic E-state index is 0.139. The first-order valence-corrected chi connectivity index (χ1v) is 5.56. The Morgan fingerprint density at radius 3 is 2.42 bits per heavy atom. The van der Waals surface area contributed by atoms with Crippen molar-refractivity contribution < 1.29 is 19.5 Å². The van der Waals surface area contributed by atoms with Gasteiger partial charge in [-0.15, -0.1) is 0 Å². The highest BCUT2D eigenvalue weighted by Crippen LogP contribution is 2.10. The van der Waals surface area contributed by atoms with Crippen molar-refractivity contribution in [3.05, 3.63) is 29.8 Å². The average Bonchev–Trinajstić information content (AvgIpc) is 2.40. The molecule has 1 aromatic carbocycles. The summed E-state index contributed by atoms with van der Waals surface area (Å²) in [6.45, 7) is 0. The second-order valence-electron chi connectivity index (χ2n) is 3.93. The molecular formula is C12H11N3O4. The van der Waals surface area contributed by atoms with Gasteiger partial charge in [0.15, 0.2) is 0 Å². The van der Waals surface area contributed by atoms with E-state index in [4.69, 9.17) is 5.11 Å². The number of rotatable bonds is 3. The van der Waals surface area contributed by atoms with Gasteiger partial charge >= 0.3 is 5.97 Å². The van der Waals surface area contributed by atoms with Crippen LogP contribution in [0.3, 0.4) is 0 Å². The molecule has 1 aliphatic heterocycles. The van der Waals surface area contributed by atoms with E-state index in [1.165, 1.54) is 24.3 Å². The lowest BCUT2D eigenvalue weighted by Crippen LogP contribution is -2.32. The zero-order valence-electron chi connectivity index (χ0n) is 9.84. The van der Waals surface area contributed by atoms with Gasteiger partial charge < -0.3 is 10.4 Å². The van der Waals surface area contributed by atoms with E-state index in [2.05, 4.69) is 15.8 Å². The maximum absolute atomic E-state index is 11.8. The van der Waals surface area contributed by atoms with Crippen LogP contribution in [0.4, 0.5) is 5.69 Å². The highest BCUT2D eigenvalue weighted by atomic mass is 16.4. The minimum atomic E-state index is -1.03. The summed E-state index contributed by atoms with van der Waals surface area (Å²) in [5.74, 6) is -1.66. The number of hydrogen-bond donors (Lipinski definition) is 3. The molecule has 1 aromatic rings. The van der Waals surface area contributed by atoms with Crippen LogP contribution < -0.4 is 10.7 Å². The number of carbonyl (C=O) groups is 3. The Morgan fingerprint density at radius 1 is 1.21 bits per heavy atom. The van der Waals surface area contributed by atoms with E-state index < -0.39 is 11.9 Å². The van der Waals surface area contributed by atoms with Crippen molar-refractivity contribution in [2.24, 2.45) is 5.10 Å². The molecule has 0 spiro atoms. The van der Waals surface area contributed by atoms with Gasteiger partial charge in [0.1, 0.15) is 5.71 Å². The Kier molecular flexibility index (Phi) is 3.56. The van der Waals surface area contributed by atoms with Crippen LogP contribution in [0, 0.1) is 0 Å². The fraction of sp³-hybridized carbons (Fsp3) is 0.167. The molecule has 2 rings (SSSR count). The Labute approximate surface area is 108 Å². The number of anilines is 1. The van der Waals surface area contributed by atoms with Gasteiger partial charge in [-0.1, -0.05) is 0 Å². The third-order valence-corrected chi connectivity index (χ3v) is 2.56. The van der Waals surface area contributed by atoms with E-state index in [9.17, 15) is 14.4 Å². The maximum atomic E-state index is 11.8. The first-order valence-electron chi connectivity index (χ1n) is 5.56. The number of benzene rings is 1. The molecule has 1 aliphatic rings. The lowest BCUT2D eigenvalue weighted by molar-refractivity contribution is -0.121. The number of aromatic carboxylic acids is 1. The van der Waals surface area contributed by atoms with Gasteiger partial charge in [0.05, 0.1) is 5.56 Å². The van der Waals surface area contributed by atoms with Crippen molar-refractivity contribution >= 4 is 29.2 Å². The monoisotopic (exact) mass is 261 g/mol. The number of carbonyl (C=O) groups excluding carboxylic acids is 2. The molecule has 0 fully saturated rings. The number of carboxylic acid groups (broad SMARTS) is 1. The predicted octanol–water partition coefficient (Wildman–Crippen LogP) is 0.589. The lowest BCUT2D eigenvalue weighted by atomic mass is 10.1. The normalized spacial score (nSPS) is 14.3. The van der Waals surface area contributed by atoms with Crippen molar-refractivity contribution in [2.75, 3.05) is 5.32 Å². The molecule has 0 aliphatic carbocycles. The molecule has 19 heavy (non-hydrogen) atoms. The van der Waals surface area contributed by atoms with Crippen LogP contribution in [-0.4, -0.2) is 28.6 Å². The van der Waals surface area contributed by atoms with Crippen molar-refractivity contribution in [3.63, 3.8) is 0 Å². The first-order chi connectivity index (χ1) is 9.06. The van der Waals surface area contributed by atoms with Gasteiger partial charge in [0, 0.05) is 18.5 Å². The fourth-order valence-electron chi connectivity index (χ4n) is 1.54. The fourth-order valence-corrected chi connectivity index (χ4v) is 1.54. The molecule has 1 heterocycles. The Hall–Kier alpha value is -2.70. The largest absolute Gasteiger partial charge is 0.478 e. The molecule has 0 unspecified atom stereocenters. The van der Waals surface area contributed by atoms with Crippen molar-refractivity contribution in [1.82, 2.24) is 5.43 Å². The second-order valence-corrected chi connectivity index (χ2v) is 3.93. The molecule has 0 saturated carbocycles. The second kappa shape index (κ2) is 5.30. The molecule has 0 aromatic heterocycles. The summed E-state index contributed by atoms with van der Waals surface area (Å²) in [6.07, 6.45) is 0.509. The summed E-state index contributed by atoms with van der Waals surface area (Å²) in [7, 11) is 0. The molecular weight excluding hydrogens is 250 g/mol. The van der Waals surface area contributed by atoms with Crippen LogP contribution in [0.1, 0.15) is 23.2 Å². The zero-order valence-corrected chi connectivity index (χ0v) is 9.84. The van der Waals surface area contributed by atoms with Crippen molar-refractivity contribution in [1.29, 1.82) is 0 Å². The number of nitrogens with one attached hydrogen (secondary N) is 2. The minimum Gasteiger partial charge on any atom is -0.478 e. The van der Waals surface area contributed by atoms with Gasteiger partial charge in [-0.2, -0.15) is 5.10 Å². The quantitative estimate of drug-likeness (QED) is 0.739. The van der Waals surface area contributed by atoms with Crippen molar-refractivity contribution in [3.8, 4) is 0 Å². The smallest absolute Gasteiger partial charge is 0.335 e. The van der Waals surface area contributed by atoms with E-state index in [1.54, 1.807) is 0 Å². The van der Waals surface area contributed by atoms with Crippen LogP contribution in [-0.2, 0) is 9.59 Å². The molecule has 0 saturated heterocycles. The maximum Gasteiger partial charge on any atom is 0.335 e. The summed E-state index contributed by atoms with van der Waals surface area (Å²) in [4.78, 5) is 33.3.